The summed E-state index contributed by atoms with van der Waals surface area (Å²) in [6, 6.07) is 0. The number of hydrogen-bond acceptors (Lipinski definition) is 3. The van der Waals surface area contributed by atoms with Crippen LogP contribution in [0.25, 0.3) is 0 Å². The monoisotopic (exact) mass is 161 g/mol. The molecule has 0 radical (unpaired) electrons. The van der Waals surface area contributed by atoms with E-state index in [9.17, 15) is 0 Å². The highest BCUT2D eigenvalue weighted by Gasteiger charge is 2.18. The molecule has 1 rings (SSSR count). The van der Waals surface area contributed by atoms with E-state index in [2.05, 4.69) is 11.2 Å². The lowest BCUT2D eigenvalue weighted by molar-refractivity contribution is 0.178. The molecule has 0 aliphatic carbocycles. The van der Waals surface area contributed by atoms with E-state index in [1.54, 1.807) is 0 Å². The number of aliphatic hydroxyl groups excluding tert-OH is 1. The summed E-state index contributed by atoms with van der Waals surface area (Å²) in [7, 11) is 0. The van der Waals surface area contributed by atoms with Gasteiger partial charge in [-0.05, 0) is 12.7 Å². The quantitative estimate of drug-likeness (QED) is 0.649. The van der Waals surface area contributed by atoms with Gasteiger partial charge in [-0.25, -0.2) is 0 Å². The van der Waals surface area contributed by atoms with E-state index in [1.807, 2.05) is 11.8 Å². The predicted molar refractivity (Wildman–Crippen MR) is 45.4 cm³/mol. The number of hydrogen-bond donors (Lipinski definition) is 1. The Kier molecular flexibility index (Phi) is 3.52. The van der Waals surface area contributed by atoms with Gasteiger partial charge in [-0.3, -0.25) is 4.90 Å². The second kappa shape index (κ2) is 4.21. The Morgan fingerprint density at radius 2 is 2.50 bits per heavy atom. The van der Waals surface area contributed by atoms with Crippen LogP contribution in [0, 0.1) is 0 Å². The van der Waals surface area contributed by atoms with Crippen molar-refractivity contribution < 1.29 is 5.11 Å². The van der Waals surface area contributed by atoms with Crippen LogP contribution in [0.1, 0.15) is 6.42 Å². The molecule has 1 aliphatic heterocycles. The Balaban J connectivity index is 2.06. The molecule has 1 heterocycles. The molecule has 1 unspecified atom stereocenters. The molecule has 1 atom stereocenters. The van der Waals surface area contributed by atoms with Gasteiger partial charge < -0.3 is 5.11 Å². The molecular weight excluding hydrogens is 146 g/mol. The highest BCUT2D eigenvalue weighted by molar-refractivity contribution is 7.98. The standard InChI is InChI=1S/C7H15NOS/c1-10-5-4-8-3-2-7(9)6-8/h7,9H,2-6H2,1H3. The van der Waals surface area contributed by atoms with Crippen LogP contribution in [0.2, 0.25) is 0 Å². The molecular formula is C7H15NOS. The highest BCUT2D eigenvalue weighted by atomic mass is 32.2. The Morgan fingerprint density at radius 3 is 3.00 bits per heavy atom. The van der Waals surface area contributed by atoms with Crippen molar-refractivity contribution in [2.75, 3.05) is 31.6 Å². The molecule has 3 heteroatoms. The third-order valence-electron chi connectivity index (χ3n) is 1.86. The minimum Gasteiger partial charge on any atom is -0.392 e. The second-order valence-electron chi connectivity index (χ2n) is 2.74. The van der Waals surface area contributed by atoms with E-state index >= 15 is 0 Å². The van der Waals surface area contributed by atoms with Crippen molar-refractivity contribution in [3.05, 3.63) is 0 Å². The number of β-amino-alcohol motifs (C(OH)–C–C–N with tert-alkyl or cyclic N) is 1. The van der Waals surface area contributed by atoms with E-state index in [4.69, 9.17) is 5.11 Å². The first-order valence-corrected chi connectivity index (χ1v) is 5.11. The van der Waals surface area contributed by atoms with E-state index in [1.165, 1.54) is 5.75 Å². The van der Waals surface area contributed by atoms with Crippen molar-refractivity contribution in [3.8, 4) is 0 Å². The van der Waals surface area contributed by atoms with Gasteiger partial charge in [0.15, 0.2) is 0 Å². The molecule has 60 valence electrons. The Hall–Kier alpha value is 0.270. The molecule has 0 bridgehead atoms. The molecule has 0 amide bonds. The van der Waals surface area contributed by atoms with Crippen LogP contribution < -0.4 is 0 Å². The van der Waals surface area contributed by atoms with Crippen molar-refractivity contribution in [1.82, 2.24) is 4.90 Å². The maximum absolute atomic E-state index is 9.15. The van der Waals surface area contributed by atoms with Crippen molar-refractivity contribution in [1.29, 1.82) is 0 Å². The van der Waals surface area contributed by atoms with Crippen LogP contribution in [-0.2, 0) is 0 Å². The van der Waals surface area contributed by atoms with Gasteiger partial charge in [0.1, 0.15) is 0 Å². The topological polar surface area (TPSA) is 23.5 Å². The predicted octanol–water partition coefficient (Wildman–Crippen LogP) is 0.416. The fourth-order valence-electron chi connectivity index (χ4n) is 1.24. The minimum atomic E-state index is -0.0538. The van der Waals surface area contributed by atoms with Gasteiger partial charge in [-0.15, -0.1) is 0 Å². The fraction of sp³-hybridized carbons (Fsp3) is 1.00. The lowest BCUT2D eigenvalue weighted by atomic mass is 10.3. The van der Waals surface area contributed by atoms with E-state index < -0.39 is 0 Å². The number of nitrogens with zero attached hydrogens (tertiary/aromatic N) is 1. The second-order valence-corrected chi connectivity index (χ2v) is 3.72. The summed E-state index contributed by atoms with van der Waals surface area (Å²) in [5, 5.41) is 9.15. The minimum absolute atomic E-state index is 0.0538. The summed E-state index contributed by atoms with van der Waals surface area (Å²) in [4.78, 5) is 2.32. The van der Waals surface area contributed by atoms with Crippen LogP contribution in [0.15, 0.2) is 0 Å². The molecule has 1 aliphatic rings. The average Bonchev–Trinajstić information content (AvgIpc) is 2.31. The molecule has 0 aromatic rings. The van der Waals surface area contributed by atoms with Gasteiger partial charge in [-0.1, -0.05) is 0 Å². The molecule has 10 heavy (non-hydrogen) atoms. The average molecular weight is 161 g/mol. The van der Waals surface area contributed by atoms with Crippen molar-refractivity contribution in [3.63, 3.8) is 0 Å². The lowest BCUT2D eigenvalue weighted by Gasteiger charge is -2.12. The molecule has 2 nitrogen and oxygen atoms in total. The normalized spacial score (nSPS) is 27.6. The maximum atomic E-state index is 9.15. The molecule has 1 fully saturated rings. The first-order chi connectivity index (χ1) is 4.83. The molecule has 1 saturated heterocycles. The van der Waals surface area contributed by atoms with Crippen LogP contribution in [0.5, 0.6) is 0 Å². The SMILES string of the molecule is CSCCN1CCC(O)C1. The zero-order chi connectivity index (χ0) is 7.40. The number of aliphatic hydroxyl groups is 1. The van der Waals surface area contributed by atoms with Crippen molar-refractivity contribution in [2.45, 2.75) is 12.5 Å². The van der Waals surface area contributed by atoms with Gasteiger partial charge in [0.2, 0.25) is 0 Å². The summed E-state index contributed by atoms with van der Waals surface area (Å²) in [6.07, 6.45) is 3.03. The third kappa shape index (κ3) is 2.48. The maximum Gasteiger partial charge on any atom is 0.0679 e. The van der Waals surface area contributed by atoms with Crippen LogP contribution in [0.3, 0.4) is 0 Å². The highest BCUT2D eigenvalue weighted by Crippen LogP contribution is 2.08. The van der Waals surface area contributed by atoms with Gasteiger partial charge in [0, 0.05) is 25.4 Å². The van der Waals surface area contributed by atoms with Crippen molar-refractivity contribution >= 4 is 11.8 Å². The van der Waals surface area contributed by atoms with E-state index in [-0.39, 0.29) is 6.10 Å². The number of thioether (sulfide) groups is 1. The molecule has 0 aromatic carbocycles. The first-order valence-electron chi connectivity index (χ1n) is 3.72. The number of likely N-dealkylation sites (tertiary alicyclic amines) is 1. The number of rotatable bonds is 3. The van der Waals surface area contributed by atoms with Crippen LogP contribution >= 0.6 is 11.8 Å². The third-order valence-corrected chi connectivity index (χ3v) is 2.45. The summed E-state index contributed by atoms with van der Waals surface area (Å²) in [5.74, 6) is 1.19. The Morgan fingerprint density at radius 1 is 1.70 bits per heavy atom. The van der Waals surface area contributed by atoms with Gasteiger partial charge in [-0.2, -0.15) is 11.8 Å². The summed E-state index contributed by atoms with van der Waals surface area (Å²) >= 11 is 1.87. The summed E-state index contributed by atoms with van der Waals surface area (Å²) in [5.41, 5.74) is 0. The van der Waals surface area contributed by atoms with E-state index in [0.29, 0.717) is 0 Å². The largest absolute Gasteiger partial charge is 0.392 e. The summed E-state index contributed by atoms with van der Waals surface area (Å²) in [6.45, 7) is 3.11. The molecule has 0 aromatic heterocycles. The fourth-order valence-corrected chi connectivity index (χ4v) is 1.68. The van der Waals surface area contributed by atoms with Crippen LogP contribution in [0.4, 0.5) is 0 Å². The molecule has 0 saturated carbocycles. The van der Waals surface area contributed by atoms with E-state index in [0.717, 1.165) is 26.1 Å². The summed E-state index contributed by atoms with van der Waals surface area (Å²) < 4.78 is 0. The van der Waals surface area contributed by atoms with Crippen LogP contribution in [-0.4, -0.2) is 47.8 Å². The zero-order valence-electron chi connectivity index (χ0n) is 6.42. The van der Waals surface area contributed by atoms with Gasteiger partial charge in [0.25, 0.3) is 0 Å². The smallest absolute Gasteiger partial charge is 0.0679 e. The Labute approximate surface area is 66.6 Å². The molecule has 1 N–H and O–H groups in total. The Bertz CT molecular complexity index is 99.6. The first kappa shape index (κ1) is 8.37. The van der Waals surface area contributed by atoms with Gasteiger partial charge in [0.05, 0.1) is 6.10 Å². The lowest BCUT2D eigenvalue weighted by Crippen LogP contribution is -2.24. The zero-order valence-corrected chi connectivity index (χ0v) is 7.23. The van der Waals surface area contributed by atoms with Gasteiger partial charge >= 0.3 is 0 Å². The molecule has 0 spiro atoms. The van der Waals surface area contributed by atoms with Crippen molar-refractivity contribution in [2.24, 2.45) is 0 Å².